The van der Waals surface area contributed by atoms with Gasteiger partial charge in [-0.3, -0.25) is 14.7 Å². The topological polar surface area (TPSA) is 83.5 Å². The van der Waals surface area contributed by atoms with Crippen molar-refractivity contribution in [2.45, 2.75) is 31.7 Å². The van der Waals surface area contributed by atoms with E-state index in [9.17, 15) is 4.79 Å². The summed E-state index contributed by atoms with van der Waals surface area (Å²) in [4.78, 5) is 33.1. The Morgan fingerprint density at radius 1 is 1.07 bits per heavy atom. The number of hydrogen-bond acceptors (Lipinski definition) is 8. The number of rotatable bonds is 10. The normalized spacial score (nSPS) is 13.9. The molecule has 1 aromatic carbocycles. The van der Waals surface area contributed by atoms with Crippen LogP contribution in [0.5, 0.6) is 0 Å². The number of ether oxygens (including phenoxy) is 1. The van der Waals surface area contributed by atoms with E-state index >= 15 is 0 Å². The van der Waals surface area contributed by atoms with Crippen LogP contribution in [0, 0.1) is 6.92 Å². The third kappa shape index (κ3) is 6.78. The summed E-state index contributed by atoms with van der Waals surface area (Å²) in [5, 5.41) is 3.94. The fraction of sp³-hybridized carbons (Fsp3) is 0.355. The van der Waals surface area contributed by atoms with Crippen LogP contribution >= 0.6 is 11.8 Å². The summed E-state index contributed by atoms with van der Waals surface area (Å²) in [5.41, 5.74) is 5.03. The molecular formula is C31H36N6O2S. The molecule has 0 saturated carbocycles. The molecule has 4 heterocycles. The molecule has 0 bridgehead atoms. The molecule has 1 aliphatic rings. The van der Waals surface area contributed by atoms with Crippen LogP contribution in [0.4, 0.5) is 5.82 Å². The number of morpholine rings is 1. The summed E-state index contributed by atoms with van der Waals surface area (Å²) in [7, 11) is 0. The van der Waals surface area contributed by atoms with Crippen LogP contribution in [0.2, 0.25) is 0 Å². The van der Waals surface area contributed by atoms with E-state index in [1.165, 1.54) is 0 Å². The molecule has 8 nitrogen and oxygen atoms in total. The van der Waals surface area contributed by atoms with Crippen LogP contribution in [-0.4, -0.2) is 71.5 Å². The predicted octanol–water partition coefficient (Wildman–Crippen LogP) is 5.16. The first-order chi connectivity index (χ1) is 19.5. The minimum Gasteiger partial charge on any atom is -0.379 e. The van der Waals surface area contributed by atoms with Gasteiger partial charge in [-0.25, -0.2) is 9.97 Å². The van der Waals surface area contributed by atoms with Gasteiger partial charge in [0.2, 0.25) is 0 Å². The van der Waals surface area contributed by atoms with Crippen LogP contribution in [0.15, 0.2) is 65.7 Å². The highest BCUT2D eigenvalue weighted by Crippen LogP contribution is 2.24. The molecule has 1 aliphatic heterocycles. The van der Waals surface area contributed by atoms with Crippen LogP contribution in [-0.2, 0) is 11.3 Å². The molecule has 1 N–H and O–H groups in total. The highest BCUT2D eigenvalue weighted by molar-refractivity contribution is 7.98. The van der Waals surface area contributed by atoms with Crippen LogP contribution in [0.3, 0.4) is 0 Å². The first kappa shape index (κ1) is 28.0. The lowest BCUT2D eigenvalue weighted by Gasteiger charge is -2.33. The van der Waals surface area contributed by atoms with Gasteiger partial charge in [-0.05, 0) is 67.6 Å². The smallest absolute Gasteiger partial charge is 0.251 e. The summed E-state index contributed by atoms with van der Waals surface area (Å²) in [5.74, 6) is 0.834. The van der Waals surface area contributed by atoms with Crippen molar-refractivity contribution in [1.29, 1.82) is 0 Å². The zero-order valence-electron chi connectivity index (χ0n) is 23.4. The number of nitrogens with one attached hydrogen (secondary N) is 1. The number of carbonyl (C=O) groups excluding carboxylic acids is 1. The Balaban J connectivity index is 1.32. The van der Waals surface area contributed by atoms with E-state index in [-0.39, 0.29) is 5.91 Å². The van der Waals surface area contributed by atoms with Crippen molar-refractivity contribution in [2.75, 3.05) is 50.7 Å². The van der Waals surface area contributed by atoms with Crippen LogP contribution < -0.4 is 10.2 Å². The standard InChI is InChI=1S/C31H36N6O2S/c1-4-12-37(21-36-13-15-39-16-14-36)30-7-5-6-26(35-30)27-11-10-24-19-32-25(18-28(24)34-27)20-33-31(38)23-9-8-22(2)29(17-23)40-3/h5-11,17-19H,4,12-16,20-21H2,1-3H3,(H,33,38). The van der Waals surface area contributed by atoms with E-state index in [4.69, 9.17) is 14.7 Å². The van der Waals surface area contributed by atoms with Crippen molar-refractivity contribution in [3.63, 3.8) is 0 Å². The summed E-state index contributed by atoms with van der Waals surface area (Å²) in [6, 6.07) is 17.8. The Bertz CT molecular complexity index is 1470. The number of anilines is 1. The first-order valence-electron chi connectivity index (χ1n) is 13.7. The fourth-order valence-electron chi connectivity index (χ4n) is 4.79. The SMILES string of the molecule is CCCN(CN1CCOCC1)c1cccc(-c2ccc3cnc(CNC(=O)c4ccc(C)c(SC)c4)cc3n2)n1. The average Bonchev–Trinajstić information content (AvgIpc) is 3.00. The van der Waals surface area contributed by atoms with Gasteiger partial charge in [-0.2, -0.15) is 0 Å². The minimum atomic E-state index is -0.117. The van der Waals surface area contributed by atoms with E-state index < -0.39 is 0 Å². The number of aromatic nitrogens is 3. The average molecular weight is 557 g/mol. The fourth-order valence-corrected chi connectivity index (χ4v) is 5.42. The van der Waals surface area contributed by atoms with Crippen molar-refractivity contribution >= 4 is 34.4 Å². The number of hydrogen-bond donors (Lipinski definition) is 1. The van der Waals surface area contributed by atoms with Gasteiger partial charge >= 0.3 is 0 Å². The van der Waals surface area contributed by atoms with Crippen molar-refractivity contribution < 1.29 is 9.53 Å². The van der Waals surface area contributed by atoms with Gasteiger partial charge in [0.1, 0.15) is 5.82 Å². The van der Waals surface area contributed by atoms with Gasteiger partial charge in [0, 0.05) is 41.7 Å². The van der Waals surface area contributed by atoms with Gasteiger partial charge in [-0.15, -0.1) is 11.8 Å². The lowest BCUT2D eigenvalue weighted by molar-refractivity contribution is 0.0379. The summed E-state index contributed by atoms with van der Waals surface area (Å²) < 4.78 is 5.52. The maximum Gasteiger partial charge on any atom is 0.251 e. The third-order valence-electron chi connectivity index (χ3n) is 7.02. The number of fused-ring (bicyclic) bond motifs is 1. The number of carbonyl (C=O) groups is 1. The van der Waals surface area contributed by atoms with E-state index in [2.05, 4.69) is 33.1 Å². The van der Waals surface area contributed by atoms with Gasteiger partial charge in [0.15, 0.2) is 0 Å². The lowest BCUT2D eigenvalue weighted by atomic mass is 10.1. The second-order valence-corrected chi connectivity index (χ2v) is 10.8. The summed E-state index contributed by atoms with van der Waals surface area (Å²) >= 11 is 1.64. The predicted molar refractivity (Wildman–Crippen MR) is 162 cm³/mol. The molecule has 40 heavy (non-hydrogen) atoms. The van der Waals surface area contributed by atoms with Crippen molar-refractivity contribution in [3.05, 3.63) is 77.6 Å². The molecule has 0 unspecified atom stereocenters. The summed E-state index contributed by atoms with van der Waals surface area (Å²) in [6.45, 7) is 9.76. The Morgan fingerprint density at radius 2 is 1.90 bits per heavy atom. The monoisotopic (exact) mass is 556 g/mol. The summed E-state index contributed by atoms with van der Waals surface area (Å²) in [6.07, 6.45) is 4.86. The Hall–Kier alpha value is -3.53. The molecule has 9 heteroatoms. The largest absolute Gasteiger partial charge is 0.379 e. The minimum absolute atomic E-state index is 0.117. The molecule has 0 aliphatic carbocycles. The van der Waals surface area contributed by atoms with Gasteiger partial charge in [-0.1, -0.05) is 19.1 Å². The van der Waals surface area contributed by atoms with Gasteiger partial charge in [0.05, 0.1) is 49.0 Å². The maximum absolute atomic E-state index is 12.8. The van der Waals surface area contributed by atoms with E-state index in [0.717, 1.165) is 90.2 Å². The maximum atomic E-state index is 12.8. The Morgan fingerprint density at radius 3 is 2.70 bits per heavy atom. The zero-order chi connectivity index (χ0) is 27.9. The number of nitrogens with zero attached hydrogens (tertiary/aromatic N) is 5. The highest BCUT2D eigenvalue weighted by atomic mass is 32.2. The highest BCUT2D eigenvalue weighted by Gasteiger charge is 2.16. The van der Waals surface area contributed by atoms with Gasteiger partial charge < -0.3 is 15.0 Å². The molecule has 5 rings (SSSR count). The number of benzene rings is 1. The molecule has 4 aromatic rings. The quantitative estimate of drug-likeness (QED) is 0.268. The molecule has 0 spiro atoms. The Labute approximate surface area is 240 Å². The third-order valence-corrected chi connectivity index (χ3v) is 7.90. The molecule has 3 aromatic heterocycles. The van der Waals surface area contributed by atoms with Gasteiger partial charge in [0.25, 0.3) is 5.91 Å². The number of pyridine rings is 3. The van der Waals surface area contributed by atoms with Crippen LogP contribution in [0.25, 0.3) is 22.3 Å². The molecule has 1 amide bonds. The number of thioether (sulfide) groups is 1. The number of amides is 1. The van der Waals surface area contributed by atoms with E-state index in [1.54, 1.807) is 18.0 Å². The molecule has 0 radical (unpaired) electrons. The Kier molecular flexibility index (Phi) is 9.26. The first-order valence-corrected chi connectivity index (χ1v) is 15.0. The number of aryl methyl sites for hydroxylation is 1. The molecule has 208 valence electrons. The molecular weight excluding hydrogens is 520 g/mol. The van der Waals surface area contributed by atoms with E-state index in [1.807, 2.05) is 61.7 Å². The van der Waals surface area contributed by atoms with Crippen molar-refractivity contribution in [2.24, 2.45) is 0 Å². The molecule has 1 fully saturated rings. The van der Waals surface area contributed by atoms with Crippen LogP contribution in [0.1, 0.15) is 35.0 Å². The zero-order valence-corrected chi connectivity index (χ0v) is 24.2. The second kappa shape index (κ2) is 13.2. The molecule has 1 saturated heterocycles. The molecule has 0 atom stereocenters. The second-order valence-electron chi connectivity index (χ2n) is 9.95. The van der Waals surface area contributed by atoms with E-state index in [0.29, 0.717) is 12.1 Å². The lowest BCUT2D eigenvalue weighted by Crippen LogP contribution is -2.44. The van der Waals surface area contributed by atoms with Crippen molar-refractivity contribution in [1.82, 2.24) is 25.2 Å². The van der Waals surface area contributed by atoms with Crippen molar-refractivity contribution in [3.8, 4) is 11.4 Å².